The van der Waals surface area contributed by atoms with Crippen molar-refractivity contribution in [3.05, 3.63) is 39.3 Å². The Labute approximate surface area is 201 Å². The number of thiazole rings is 1. The van der Waals surface area contributed by atoms with E-state index in [1.807, 2.05) is 0 Å². The van der Waals surface area contributed by atoms with E-state index in [9.17, 15) is 9.59 Å². The van der Waals surface area contributed by atoms with Gasteiger partial charge in [-0.15, -0.1) is 11.3 Å². The number of nitrogens with one attached hydrogen (secondary N) is 2. The summed E-state index contributed by atoms with van der Waals surface area (Å²) in [6.07, 6.45) is 2.25. The zero-order valence-electron chi connectivity index (χ0n) is 17.7. The highest BCUT2D eigenvalue weighted by Gasteiger charge is 2.21. The average molecular weight is 501 g/mol. The normalized spacial score (nSPS) is 15.5. The number of halogens is 2. The fourth-order valence-corrected chi connectivity index (χ4v) is 4.21. The van der Waals surface area contributed by atoms with Gasteiger partial charge in [0.15, 0.2) is 5.13 Å². The molecule has 3 rings (SSSR count). The summed E-state index contributed by atoms with van der Waals surface area (Å²) in [7, 11) is 1.57. The number of carbonyl (C=O) groups excluding carboxylic acids is 2. The standard InChI is InChI=1S/C21H26Cl2N4O4S/c1-30-10-8-27(7-6-19(28)24-12-15-3-2-9-31-15)20(29)18-13-32-21(26-18)25-17-11-14(22)4-5-16(17)23/h4-5,11,13,15H,2-3,6-10,12H2,1H3,(H,24,28)(H,25,26). The van der Waals surface area contributed by atoms with Crippen LogP contribution in [0, 0.1) is 0 Å². The number of nitrogens with zero attached hydrogens (tertiary/aromatic N) is 2. The lowest BCUT2D eigenvalue weighted by Crippen LogP contribution is -2.38. The summed E-state index contributed by atoms with van der Waals surface area (Å²) in [5.41, 5.74) is 0.887. The van der Waals surface area contributed by atoms with Crippen LogP contribution in [0.5, 0.6) is 0 Å². The average Bonchev–Trinajstić information content (AvgIpc) is 3.47. The molecule has 0 saturated carbocycles. The summed E-state index contributed by atoms with van der Waals surface area (Å²) in [4.78, 5) is 31.2. The van der Waals surface area contributed by atoms with Crippen LogP contribution in [0.4, 0.5) is 10.8 Å². The highest BCUT2D eigenvalue weighted by Crippen LogP contribution is 2.30. The SMILES string of the molecule is COCCN(CCC(=O)NCC1CCCO1)C(=O)c1csc(Nc2cc(Cl)ccc2Cl)n1. The largest absolute Gasteiger partial charge is 0.383 e. The Hall–Kier alpha value is -1.91. The Morgan fingerprint density at radius 2 is 2.19 bits per heavy atom. The number of methoxy groups -OCH3 is 1. The van der Waals surface area contributed by atoms with Gasteiger partial charge in [0.1, 0.15) is 5.69 Å². The van der Waals surface area contributed by atoms with Crippen LogP contribution in [-0.4, -0.2) is 67.8 Å². The summed E-state index contributed by atoms with van der Waals surface area (Å²) in [6, 6.07) is 5.06. The summed E-state index contributed by atoms with van der Waals surface area (Å²) < 4.78 is 10.6. The number of anilines is 2. The third-order valence-electron chi connectivity index (χ3n) is 4.91. The number of hydrogen-bond acceptors (Lipinski definition) is 7. The van der Waals surface area contributed by atoms with Crippen LogP contribution < -0.4 is 10.6 Å². The number of aromatic nitrogens is 1. The van der Waals surface area contributed by atoms with Crippen molar-refractivity contribution in [1.29, 1.82) is 0 Å². The molecule has 0 spiro atoms. The maximum atomic E-state index is 13.0. The molecule has 0 radical (unpaired) electrons. The molecule has 2 N–H and O–H groups in total. The van der Waals surface area contributed by atoms with Crippen molar-refractivity contribution in [2.75, 3.05) is 45.3 Å². The fraction of sp³-hybridized carbons (Fsp3) is 0.476. The summed E-state index contributed by atoms with van der Waals surface area (Å²) >= 11 is 13.5. The van der Waals surface area contributed by atoms with E-state index < -0.39 is 0 Å². The first-order valence-corrected chi connectivity index (χ1v) is 11.9. The van der Waals surface area contributed by atoms with Gasteiger partial charge in [-0.05, 0) is 31.0 Å². The molecule has 1 atom stereocenters. The molecular formula is C21H26Cl2N4O4S. The van der Waals surface area contributed by atoms with Gasteiger partial charge in [-0.2, -0.15) is 0 Å². The lowest BCUT2D eigenvalue weighted by atomic mass is 10.2. The highest BCUT2D eigenvalue weighted by molar-refractivity contribution is 7.14. The maximum Gasteiger partial charge on any atom is 0.273 e. The smallest absolute Gasteiger partial charge is 0.273 e. The van der Waals surface area contributed by atoms with Gasteiger partial charge in [0, 0.05) is 50.2 Å². The Balaban J connectivity index is 1.57. The second-order valence-electron chi connectivity index (χ2n) is 7.26. The molecule has 8 nitrogen and oxygen atoms in total. The van der Waals surface area contributed by atoms with E-state index in [4.69, 9.17) is 32.7 Å². The second kappa shape index (κ2) is 12.4. The van der Waals surface area contributed by atoms with Crippen LogP contribution >= 0.6 is 34.5 Å². The van der Waals surface area contributed by atoms with E-state index in [2.05, 4.69) is 15.6 Å². The fourth-order valence-electron chi connectivity index (χ4n) is 3.17. The van der Waals surface area contributed by atoms with E-state index in [0.29, 0.717) is 40.6 Å². The minimum absolute atomic E-state index is 0.0825. The number of hydrogen-bond donors (Lipinski definition) is 2. The van der Waals surface area contributed by atoms with Gasteiger partial charge in [0.25, 0.3) is 5.91 Å². The predicted molar refractivity (Wildman–Crippen MR) is 126 cm³/mol. The molecule has 0 bridgehead atoms. The zero-order valence-corrected chi connectivity index (χ0v) is 20.1. The first-order valence-electron chi connectivity index (χ1n) is 10.3. The van der Waals surface area contributed by atoms with Crippen molar-refractivity contribution in [1.82, 2.24) is 15.2 Å². The summed E-state index contributed by atoms with van der Waals surface area (Å²) in [5.74, 6) is -0.387. The van der Waals surface area contributed by atoms with E-state index in [1.165, 1.54) is 11.3 Å². The molecule has 1 aliphatic rings. The molecule has 32 heavy (non-hydrogen) atoms. The molecule has 2 aromatic rings. The molecule has 11 heteroatoms. The lowest BCUT2D eigenvalue weighted by Gasteiger charge is -2.21. The molecule has 1 fully saturated rings. The van der Waals surface area contributed by atoms with Crippen LogP contribution in [0.2, 0.25) is 10.0 Å². The first-order chi connectivity index (χ1) is 15.5. The lowest BCUT2D eigenvalue weighted by molar-refractivity contribution is -0.121. The minimum Gasteiger partial charge on any atom is -0.383 e. The van der Waals surface area contributed by atoms with Crippen molar-refractivity contribution in [3.8, 4) is 0 Å². The van der Waals surface area contributed by atoms with Crippen molar-refractivity contribution >= 4 is 57.2 Å². The van der Waals surface area contributed by atoms with E-state index in [1.54, 1.807) is 35.6 Å². The molecule has 1 aromatic carbocycles. The number of amides is 2. The van der Waals surface area contributed by atoms with E-state index in [0.717, 1.165) is 19.4 Å². The van der Waals surface area contributed by atoms with E-state index >= 15 is 0 Å². The quantitative estimate of drug-likeness (QED) is 0.484. The van der Waals surface area contributed by atoms with Crippen molar-refractivity contribution in [3.63, 3.8) is 0 Å². The van der Waals surface area contributed by atoms with Crippen LogP contribution in [0.15, 0.2) is 23.6 Å². The zero-order chi connectivity index (χ0) is 22.9. The predicted octanol–water partition coefficient (Wildman–Crippen LogP) is 3.97. The first kappa shape index (κ1) is 24.7. The van der Waals surface area contributed by atoms with Crippen LogP contribution in [0.1, 0.15) is 29.8 Å². The molecule has 2 heterocycles. The Kier molecular flexibility index (Phi) is 9.55. The molecule has 1 aliphatic heterocycles. The van der Waals surface area contributed by atoms with Gasteiger partial charge < -0.3 is 25.0 Å². The minimum atomic E-state index is -0.268. The van der Waals surface area contributed by atoms with Crippen molar-refractivity contribution in [2.24, 2.45) is 0 Å². The Morgan fingerprint density at radius 3 is 2.94 bits per heavy atom. The number of rotatable bonds is 11. The Morgan fingerprint density at radius 1 is 1.34 bits per heavy atom. The van der Waals surface area contributed by atoms with Gasteiger partial charge in [0.05, 0.1) is 23.4 Å². The summed E-state index contributed by atoms with van der Waals surface area (Å²) in [6.45, 7) is 2.22. The number of benzene rings is 1. The van der Waals surface area contributed by atoms with Crippen molar-refractivity contribution < 1.29 is 19.1 Å². The van der Waals surface area contributed by atoms with Crippen LogP contribution in [-0.2, 0) is 14.3 Å². The van der Waals surface area contributed by atoms with Gasteiger partial charge in [-0.3, -0.25) is 9.59 Å². The molecule has 174 valence electrons. The molecule has 1 aromatic heterocycles. The maximum absolute atomic E-state index is 13.0. The molecule has 1 saturated heterocycles. The number of ether oxygens (including phenoxy) is 2. The van der Waals surface area contributed by atoms with Crippen LogP contribution in [0.25, 0.3) is 0 Å². The number of carbonyl (C=O) groups is 2. The van der Waals surface area contributed by atoms with Gasteiger partial charge in [0.2, 0.25) is 5.91 Å². The monoisotopic (exact) mass is 500 g/mol. The van der Waals surface area contributed by atoms with E-state index in [-0.39, 0.29) is 36.6 Å². The van der Waals surface area contributed by atoms with Crippen LogP contribution in [0.3, 0.4) is 0 Å². The molecular weight excluding hydrogens is 475 g/mol. The van der Waals surface area contributed by atoms with Gasteiger partial charge >= 0.3 is 0 Å². The topological polar surface area (TPSA) is 92.8 Å². The Bertz CT molecular complexity index is 921. The summed E-state index contributed by atoms with van der Waals surface area (Å²) in [5, 5.41) is 9.17. The van der Waals surface area contributed by atoms with Gasteiger partial charge in [-0.1, -0.05) is 23.2 Å². The second-order valence-corrected chi connectivity index (χ2v) is 8.96. The molecule has 2 amide bonds. The van der Waals surface area contributed by atoms with Gasteiger partial charge in [-0.25, -0.2) is 4.98 Å². The third kappa shape index (κ3) is 7.31. The molecule has 1 unspecified atom stereocenters. The highest BCUT2D eigenvalue weighted by atomic mass is 35.5. The third-order valence-corrected chi connectivity index (χ3v) is 6.23. The molecule has 0 aliphatic carbocycles. The van der Waals surface area contributed by atoms with Crippen molar-refractivity contribution in [2.45, 2.75) is 25.4 Å².